The van der Waals surface area contributed by atoms with Crippen LogP contribution in [0, 0.1) is 5.82 Å². The van der Waals surface area contributed by atoms with Gasteiger partial charge in [0.15, 0.2) is 0 Å². The molecule has 0 unspecified atom stereocenters. The Labute approximate surface area is 155 Å². The van der Waals surface area contributed by atoms with E-state index in [2.05, 4.69) is 15.3 Å². The predicted octanol–water partition coefficient (Wildman–Crippen LogP) is 4.37. The molecule has 0 spiro atoms. The second-order valence-electron chi connectivity index (χ2n) is 6.09. The van der Waals surface area contributed by atoms with Crippen LogP contribution in [-0.4, -0.2) is 15.9 Å². The Bertz CT molecular complexity index is 1110. The summed E-state index contributed by atoms with van der Waals surface area (Å²) in [7, 11) is 0. The van der Waals surface area contributed by atoms with Crippen molar-refractivity contribution in [1.82, 2.24) is 15.3 Å². The number of hydrogen-bond donors (Lipinski definition) is 1. The van der Waals surface area contributed by atoms with Gasteiger partial charge in [-0.15, -0.1) is 0 Å². The Morgan fingerprint density at radius 3 is 2.59 bits per heavy atom. The first-order valence-corrected chi connectivity index (χ1v) is 8.54. The largest absolute Gasteiger partial charge is 0.348 e. The van der Waals surface area contributed by atoms with Crippen LogP contribution in [0.1, 0.15) is 15.9 Å². The van der Waals surface area contributed by atoms with Gasteiger partial charge in [0.1, 0.15) is 5.82 Å². The Kier molecular flexibility index (Phi) is 4.58. The zero-order valence-corrected chi connectivity index (χ0v) is 14.4. The molecule has 2 heterocycles. The van der Waals surface area contributed by atoms with E-state index >= 15 is 0 Å². The molecular formula is C22H16FN3O. The fourth-order valence-corrected chi connectivity index (χ4v) is 2.93. The third-order valence-electron chi connectivity index (χ3n) is 4.32. The Hall–Kier alpha value is -3.60. The number of rotatable bonds is 4. The molecule has 0 bridgehead atoms. The van der Waals surface area contributed by atoms with Crippen molar-refractivity contribution in [1.29, 1.82) is 0 Å². The normalized spacial score (nSPS) is 10.7. The maximum atomic E-state index is 13.8. The van der Waals surface area contributed by atoms with Crippen LogP contribution in [-0.2, 0) is 6.54 Å². The van der Waals surface area contributed by atoms with Crippen LogP contribution in [0.25, 0.3) is 22.2 Å². The van der Waals surface area contributed by atoms with E-state index < -0.39 is 0 Å². The van der Waals surface area contributed by atoms with Crippen molar-refractivity contribution in [3.05, 3.63) is 96.1 Å². The molecular weight excluding hydrogens is 341 g/mol. The molecule has 0 fully saturated rings. The molecule has 0 radical (unpaired) electrons. The molecule has 2 aromatic heterocycles. The predicted molar refractivity (Wildman–Crippen MR) is 103 cm³/mol. The zero-order valence-electron chi connectivity index (χ0n) is 14.4. The number of carbonyl (C=O) groups excluding carboxylic acids is 1. The van der Waals surface area contributed by atoms with Crippen LogP contribution in [0.2, 0.25) is 0 Å². The standard InChI is InChI=1S/C22H16FN3O/c23-19-9-5-4-8-16(19)13-25-22(27)17-12-21(15-6-2-1-3-7-15)26-20-10-11-24-14-18(17)20/h1-12,14H,13H2,(H,25,27). The summed E-state index contributed by atoms with van der Waals surface area (Å²) in [4.78, 5) is 21.6. The van der Waals surface area contributed by atoms with Crippen molar-refractivity contribution < 1.29 is 9.18 Å². The highest BCUT2D eigenvalue weighted by molar-refractivity contribution is 6.06. The molecule has 0 atom stereocenters. The first kappa shape index (κ1) is 16.8. The number of nitrogens with one attached hydrogen (secondary N) is 1. The number of benzene rings is 2. The third-order valence-corrected chi connectivity index (χ3v) is 4.32. The minimum atomic E-state index is -0.343. The third kappa shape index (κ3) is 3.53. The lowest BCUT2D eigenvalue weighted by Crippen LogP contribution is -2.23. The lowest BCUT2D eigenvalue weighted by Gasteiger charge is -2.11. The Balaban J connectivity index is 1.71. The first-order chi connectivity index (χ1) is 13.2. The van der Waals surface area contributed by atoms with Gasteiger partial charge in [0.25, 0.3) is 5.91 Å². The van der Waals surface area contributed by atoms with E-state index in [4.69, 9.17) is 0 Å². The highest BCUT2D eigenvalue weighted by Crippen LogP contribution is 2.24. The molecule has 2 aromatic carbocycles. The number of pyridine rings is 2. The topological polar surface area (TPSA) is 54.9 Å². The molecule has 4 rings (SSSR count). The van der Waals surface area contributed by atoms with Crippen molar-refractivity contribution in [3.8, 4) is 11.3 Å². The number of carbonyl (C=O) groups is 1. The quantitative estimate of drug-likeness (QED) is 0.590. The molecule has 0 saturated carbocycles. The summed E-state index contributed by atoms with van der Waals surface area (Å²) >= 11 is 0. The number of fused-ring (bicyclic) bond motifs is 1. The molecule has 0 aliphatic carbocycles. The van der Waals surface area contributed by atoms with Crippen LogP contribution in [0.3, 0.4) is 0 Å². The molecule has 5 heteroatoms. The number of nitrogens with zero attached hydrogens (tertiary/aromatic N) is 2. The summed E-state index contributed by atoms with van der Waals surface area (Å²) in [6.07, 6.45) is 3.26. The second kappa shape index (κ2) is 7.33. The molecule has 132 valence electrons. The number of halogens is 1. The fraction of sp³-hybridized carbons (Fsp3) is 0.0455. The molecule has 0 aliphatic heterocycles. The first-order valence-electron chi connectivity index (χ1n) is 8.54. The number of aromatic nitrogens is 2. The summed E-state index contributed by atoms with van der Waals surface area (Å²) in [5.74, 6) is -0.639. The van der Waals surface area contributed by atoms with Gasteiger partial charge in [0.2, 0.25) is 0 Å². The maximum absolute atomic E-state index is 13.8. The van der Waals surface area contributed by atoms with E-state index in [-0.39, 0.29) is 18.3 Å². The van der Waals surface area contributed by atoms with Crippen molar-refractivity contribution in [3.63, 3.8) is 0 Å². The molecule has 4 nitrogen and oxygen atoms in total. The monoisotopic (exact) mass is 357 g/mol. The zero-order chi connectivity index (χ0) is 18.6. The maximum Gasteiger partial charge on any atom is 0.252 e. The average Bonchev–Trinajstić information content (AvgIpc) is 2.73. The minimum Gasteiger partial charge on any atom is -0.348 e. The van der Waals surface area contributed by atoms with Crippen LogP contribution < -0.4 is 5.32 Å². The van der Waals surface area contributed by atoms with E-state index in [9.17, 15) is 9.18 Å². The summed E-state index contributed by atoms with van der Waals surface area (Å²) in [6, 6.07) is 19.6. The summed E-state index contributed by atoms with van der Waals surface area (Å²) in [5, 5.41) is 3.45. The highest BCUT2D eigenvalue weighted by Gasteiger charge is 2.14. The van der Waals surface area contributed by atoms with E-state index in [1.807, 2.05) is 30.3 Å². The smallest absolute Gasteiger partial charge is 0.252 e. The van der Waals surface area contributed by atoms with Crippen molar-refractivity contribution in [2.45, 2.75) is 6.54 Å². The van der Waals surface area contributed by atoms with Crippen molar-refractivity contribution in [2.75, 3.05) is 0 Å². The SMILES string of the molecule is O=C(NCc1ccccc1F)c1cc(-c2ccccc2)nc2ccncc12. The van der Waals surface area contributed by atoms with Crippen molar-refractivity contribution in [2.24, 2.45) is 0 Å². The van der Waals surface area contributed by atoms with Crippen LogP contribution in [0.5, 0.6) is 0 Å². The van der Waals surface area contributed by atoms with Gasteiger partial charge in [-0.05, 0) is 18.2 Å². The number of hydrogen-bond acceptors (Lipinski definition) is 3. The van der Waals surface area contributed by atoms with Gasteiger partial charge in [-0.25, -0.2) is 9.37 Å². The van der Waals surface area contributed by atoms with Gasteiger partial charge in [-0.2, -0.15) is 0 Å². The molecule has 1 amide bonds. The molecule has 27 heavy (non-hydrogen) atoms. The molecule has 0 aliphatic rings. The van der Waals surface area contributed by atoms with E-state index in [0.29, 0.717) is 27.7 Å². The van der Waals surface area contributed by atoms with E-state index in [1.54, 1.807) is 42.7 Å². The minimum absolute atomic E-state index is 0.107. The van der Waals surface area contributed by atoms with Gasteiger partial charge >= 0.3 is 0 Å². The lowest BCUT2D eigenvalue weighted by atomic mass is 10.0. The number of amides is 1. The highest BCUT2D eigenvalue weighted by atomic mass is 19.1. The van der Waals surface area contributed by atoms with Crippen LogP contribution >= 0.6 is 0 Å². The van der Waals surface area contributed by atoms with Crippen LogP contribution in [0.15, 0.2) is 79.1 Å². The van der Waals surface area contributed by atoms with Crippen LogP contribution in [0.4, 0.5) is 4.39 Å². The summed E-state index contributed by atoms with van der Waals surface area (Å²) in [5.41, 5.74) is 3.20. The average molecular weight is 357 g/mol. The Morgan fingerprint density at radius 1 is 1.00 bits per heavy atom. The van der Waals surface area contributed by atoms with E-state index in [0.717, 1.165) is 5.56 Å². The van der Waals surface area contributed by atoms with Gasteiger partial charge in [0.05, 0.1) is 16.8 Å². The fourth-order valence-electron chi connectivity index (χ4n) is 2.93. The van der Waals surface area contributed by atoms with E-state index in [1.165, 1.54) is 6.07 Å². The summed E-state index contributed by atoms with van der Waals surface area (Å²) in [6.45, 7) is 0.107. The summed E-state index contributed by atoms with van der Waals surface area (Å²) < 4.78 is 13.8. The lowest BCUT2D eigenvalue weighted by molar-refractivity contribution is 0.0952. The van der Waals surface area contributed by atoms with Gasteiger partial charge in [-0.1, -0.05) is 48.5 Å². The van der Waals surface area contributed by atoms with Gasteiger partial charge in [-0.3, -0.25) is 9.78 Å². The van der Waals surface area contributed by atoms with Gasteiger partial charge < -0.3 is 5.32 Å². The molecule has 0 saturated heterocycles. The molecule has 1 N–H and O–H groups in total. The second-order valence-corrected chi connectivity index (χ2v) is 6.09. The Morgan fingerprint density at radius 2 is 1.78 bits per heavy atom. The molecule has 4 aromatic rings. The van der Waals surface area contributed by atoms with Crippen molar-refractivity contribution >= 4 is 16.8 Å². The van der Waals surface area contributed by atoms with Gasteiger partial charge in [0, 0.05) is 35.5 Å².